The molecule has 1 saturated carbocycles. The average Bonchev–Trinajstić information content (AvgIpc) is 3.31. The molecule has 3 heterocycles. The van der Waals surface area contributed by atoms with Crippen LogP contribution in [-0.4, -0.2) is 51.4 Å². The number of rotatable bonds is 4. The van der Waals surface area contributed by atoms with E-state index in [0.29, 0.717) is 12.5 Å². The minimum Gasteiger partial charge on any atom is -0.477 e. The van der Waals surface area contributed by atoms with Crippen molar-refractivity contribution in [1.29, 1.82) is 0 Å². The van der Waals surface area contributed by atoms with Crippen LogP contribution in [0.3, 0.4) is 0 Å². The normalized spacial score (nSPS) is 21.0. The Morgan fingerprint density at radius 2 is 2.17 bits per heavy atom. The van der Waals surface area contributed by atoms with Crippen molar-refractivity contribution < 1.29 is 14.6 Å². The molecule has 7 nitrogen and oxygen atoms in total. The molecular weight excluding hydrogens is 308 g/mol. The minimum absolute atomic E-state index is 0.0386. The first-order chi connectivity index (χ1) is 11.6. The van der Waals surface area contributed by atoms with Gasteiger partial charge in [0, 0.05) is 25.2 Å². The number of hydrogen-bond acceptors (Lipinski definition) is 5. The van der Waals surface area contributed by atoms with Gasteiger partial charge in [-0.2, -0.15) is 0 Å². The van der Waals surface area contributed by atoms with Crippen LogP contribution < -0.4 is 4.90 Å². The van der Waals surface area contributed by atoms with Gasteiger partial charge in [-0.05, 0) is 25.8 Å². The van der Waals surface area contributed by atoms with E-state index in [1.165, 1.54) is 12.8 Å². The molecule has 2 aliphatic rings. The van der Waals surface area contributed by atoms with E-state index in [4.69, 9.17) is 4.74 Å². The van der Waals surface area contributed by atoms with E-state index in [1.807, 2.05) is 17.7 Å². The van der Waals surface area contributed by atoms with Gasteiger partial charge < -0.3 is 19.3 Å². The van der Waals surface area contributed by atoms with Gasteiger partial charge >= 0.3 is 5.97 Å². The van der Waals surface area contributed by atoms with E-state index >= 15 is 0 Å². The smallest absolute Gasteiger partial charge is 0.354 e. The average molecular weight is 328 g/mol. The summed E-state index contributed by atoms with van der Waals surface area (Å²) in [5, 5.41) is 9.28. The fraction of sp³-hybridized carbons (Fsp3) is 0.471. The SMILES string of the molecule is C[C@@H]1CN(c2cnc(C(=O)O)cc2-n2cnc(C3CC3)c2)CCO1. The van der Waals surface area contributed by atoms with Gasteiger partial charge in [-0.1, -0.05) is 0 Å². The summed E-state index contributed by atoms with van der Waals surface area (Å²) < 4.78 is 7.52. The van der Waals surface area contributed by atoms with Crippen LogP contribution >= 0.6 is 0 Å². The van der Waals surface area contributed by atoms with Crippen LogP contribution in [0.4, 0.5) is 5.69 Å². The maximum Gasteiger partial charge on any atom is 0.354 e. The second-order valence-electron chi connectivity index (χ2n) is 6.47. The summed E-state index contributed by atoms with van der Waals surface area (Å²) in [6.45, 7) is 4.20. The summed E-state index contributed by atoms with van der Waals surface area (Å²) in [6.07, 6.45) is 7.92. The van der Waals surface area contributed by atoms with Crippen molar-refractivity contribution in [3.05, 3.63) is 36.2 Å². The van der Waals surface area contributed by atoms with Gasteiger partial charge in [0.05, 0.1) is 42.3 Å². The standard InChI is InChI=1S/C17H20N4O3/c1-11-8-20(4-5-24-11)16-7-18-13(17(22)23)6-15(16)21-9-14(19-10-21)12-2-3-12/h6-7,9-12H,2-5,8H2,1H3,(H,22,23)/t11-/m1/s1. The Balaban J connectivity index is 1.75. The molecule has 0 radical (unpaired) electrons. The molecule has 2 fully saturated rings. The van der Waals surface area contributed by atoms with Crippen molar-refractivity contribution in [3.63, 3.8) is 0 Å². The van der Waals surface area contributed by atoms with Gasteiger partial charge in [-0.25, -0.2) is 14.8 Å². The van der Waals surface area contributed by atoms with Crippen LogP contribution in [0, 0.1) is 0 Å². The highest BCUT2D eigenvalue weighted by Gasteiger charge is 2.27. The van der Waals surface area contributed by atoms with E-state index in [9.17, 15) is 9.90 Å². The maximum absolute atomic E-state index is 11.3. The van der Waals surface area contributed by atoms with Crippen LogP contribution in [0.2, 0.25) is 0 Å². The van der Waals surface area contributed by atoms with Crippen molar-refractivity contribution in [2.24, 2.45) is 0 Å². The summed E-state index contributed by atoms with van der Waals surface area (Å²) >= 11 is 0. The van der Waals surface area contributed by atoms with Crippen molar-refractivity contribution in [3.8, 4) is 5.69 Å². The van der Waals surface area contributed by atoms with Crippen LogP contribution in [0.1, 0.15) is 41.9 Å². The summed E-state index contributed by atoms with van der Waals surface area (Å²) in [5.41, 5.74) is 2.83. The molecule has 2 aromatic rings. The first kappa shape index (κ1) is 15.1. The Kier molecular flexibility index (Phi) is 3.72. The number of hydrogen-bond donors (Lipinski definition) is 1. The summed E-state index contributed by atoms with van der Waals surface area (Å²) in [5.74, 6) is -0.473. The Bertz CT molecular complexity index is 769. The fourth-order valence-electron chi connectivity index (χ4n) is 3.10. The highest BCUT2D eigenvalue weighted by molar-refractivity contribution is 5.87. The van der Waals surface area contributed by atoms with Crippen LogP contribution in [0.5, 0.6) is 0 Å². The lowest BCUT2D eigenvalue weighted by atomic mass is 10.2. The highest BCUT2D eigenvalue weighted by atomic mass is 16.5. The van der Waals surface area contributed by atoms with E-state index in [0.717, 1.165) is 30.2 Å². The number of nitrogens with zero attached hydrogens (tertiary/aromatic N) is 4. The topological polar surface area (TPSA) is 80.5 Å². The third-order valence-corrected chi connectivity index (χ3v) is 4.54. The fourth-order valence-corrected chi connectivity index (χ4v) is 3.10. The van der Waals surface area contributed by atoms with Gasteiger partial charge in [0.2, 0.25) is 0 Å². The van der Waals surface area contributed by atoms with Crippen molar-refractivity contribution in [1.82, 2.24) is 14.5 Å². The zero-order valence-corrected chi connectivity index (χ0v) is 13.6. The zero-order valence-electron chi connectivity index (χ0n) is 13.6. The number of morpholine rings is 1. The number of carboxylic acid groups (broad SMARTS) is 1. The molecule has 1 atom stereocenters. The maximum atomic E-state index is 11.3. The number of imidazole rings is 1. The summed E-state index contributed by atoms with van der Waals surface area (Å²) in [6, 6.07) is 1.62. The molecule has 1 N–H and O–H groups in total. The third kappa shape index (κ3) is 2.87. The predicted octanol–water partition coefficient (Wildman–Crippen LogP) is 2.07. The largest absolute Gasteiger partial charge is 0.477 e. The first-order valence-electron chi connectivity index (χ1n) is 8.26. The van der Waals surface area contributed by atoms with Crippen molar-refractivity contribution in [2.45, 2.75) is 31.8 Å². The number of pyridine rings is 1. The van der Waals surface area contributed by atoms with E-state index in [1.54, 1.807) is 18.6 Å². The molecule has 0 unspecified atom stereocenters. The molecule has 1 aliphatic heterocycles. The van der Waals surface area contributed by atoms with Gasteiger partial charge in [-0.3, -0.25) is 0 Å². The van der Waals surface area contributed by atoms with E-state index in [2.05, 4.69) is 14.9 Å². The Hall–Kier alpha value is -2.41. The van der Waals surface area contributed by atoms with E-state index in [-0.39, 0.29) is 11.8 Å². The molecule has 126 valence electrons. The van der Waals surface area contributed by atoms with Crippen LogP contribution in [0.25, 0.3) is 5.69 Å². The van der Waals surface area contributed by atoms with Gasteiger partial charge in [0.25, 0.3) is 0 Å². The molecule has 0 spiro atoms. The minimum atomic E-state index is -1.03. The number of carboxylic acids is 1. The molecule has 1 saturated heterocycles. The lowest BCUT2D eigenvalue weighted by molar-refractivity contribution is 0.0531. The lowest BCUT2D eigenvalue weighted by Gasteiger charge is -2.33. The van der Waals surface area contributed by atoms with Crippen molar-refractivity contribution >= 4 is 11.7 Å². The van der Waals surface area contributed by atoms with E-state index < -0.39 is 5.97 Å². The Morgan fingerprint density at radius 3 is 2.88 bits per heavy atom. The highest BCUT2D eigenvalue weighted by Crippen LogP contribution is 2.39. The zero-order chi connectivity index (χ0) is 16.7. The molecule has 0 bridgehead atoms. The Morgan fingerprint density at radius 1 is 1.33 bits per heavy atom. The molecule has 1 aliphatic carbocycles. The van der Waals surface area contributed by atoms with Gasteiger partial charge in [0.1, 0.15) is 5.69 Å². The lowest BCUT2D eigenvalue weighted by Crippen LogP contribution is -2.41. The predicted molar refractivity (Wildman–Crippen MR) is 87.9 cm³/mol. The third-order valence-electron chi connectivity index (χ3n) is 4.54. The number of anilines is 1. The molecule has 24 heavy (non-hydrogen) atoms. The van der Waals surface area contributed by atoms with Gasteiger partial charge in [-0.15, -0.1) is 0 Å². The quantitative estimate of drug-likeness (QED) is 0.925. The molecule has 0 amide bonds. The first-order valence-corrected chi connectivity index (χ1v) is 8.26. The molecule has 4 rings (SSSR count). The number of aromatic carboxylic acids is 1. The van der Waals surface area contributed by atoms with Crippen LogP contribution in [0.15, 0.2) is 24.8 Å². The van der Waals surface area contributed by atoms with Crippen molar-refractivity contribution in [2.75, 3.05) is 24.6 Å². The number of aromatic nitrogens is 3. The Labute approximate surface area is 139 Å². The summed E-state index contributed by atoms with van der Waals surface area (Å²) in [7, 11) is 0. The molecule has 0 aromatic carbocycles. The molecular formula is C17H20N4O3. The van der Waals surface area contributed by atoms with Gasteiger partial charge in [0.15, 0.2) is 0 Å². The van der Waals surface area contributed by atoms with Crippen LogP contribution in [-0.2, 0) is 4.74 Å². The second kappa shape index (κ2) is 5.90. The monoisotopic (exact) mass is 328 g/mol. The molecule has 7 heteroatoms. The number of carbonyl (C=O) groups is 1. The number of ether oxygens (including phenoxy) is 1. The molecule has 2 aromatic heterocycles. The second-order valence-corrected chi connectivity index (χ2v) is 6.47. The summed E-state index contributed by atoms with van der Waals surface area (Å²) in [4.78, 5) is 22.1.